The van der Waals surface area contributed by atoms with Crippen LogP contribution < -0.4 is 10.0 Å². The summed E-state index contributed by atoms with van der Waals surface area (Å²) in [5.41, 5.74) is 4.15. The van der Waals surface area contributed by atoms with Gasteiger partial charge in [-0.25, -0.2) is 13.1 Å². The van der Waals surface area contributed by atoms with Crippen molar-refractivity contribution in [3.8, 4) is 0 Å². The van der Waals surface area contributed by atoms with E-state index in [9.17, 15) is 13.2 Å². The summed E-state index contributed by atoms with van der Waals surface area (Å²) in [5.74, 6) is -0.261. The van der Waals surface area contributed by atoms with Gasteiger partial charge in [-0.05, 0) is 75.7 Å². The molecule has 8 heteroatoms. The minimum atomic E-state index is -3.56. The lowest BCUT2D eigenvalue weighted by molar-refractivity contribution is 0.102. The monoisotopic (exact) mass is 426 g/mol. The van der Waals surface area contributed by atoms with Crippen LogP contribution in [0, 0.1) is 13.8 Å². The van der Waals surface area contributed by atoms with Crippen molar-refractivity contribution in [2.24, 2.45) is 0 Å². The van der Waals surface area contributed by atoms with E-state index in [0.717, 1.165) is 17.0 Å². The summed E-state index contributed by atoms with van der Waals surface area (Å²) in [5, 5.41) is 7.24. The van der Waals surface area contributed by atoms with E-state index in [0.29, 0.717) is 17.8 Å². The maximum Gasteiger partial charge on any atom is 0.255 e. The van der Waals surface area contributed by atoms with Crippen LogP contribution in [0.15, 0.2) is 59.5 Å². The predicted octanol–water partition coefficient (Wildman–Crippen LogP) is 3.49. The fourth-order valence-electron chi connectivity index (χ4n) is 3.07. The van der Waals surface area contributed by atoms with Crippen LogP contribution in [0.1, 0.15) is 41.2 Å². The van der Waals surface area contributed by atoms with Gasteiger partial charge in [0, 0.05) is 23.0 Å². The number of aromatic nitrogens is 2. The third kappa shape index (κ3) is 5.34. The van der Waals surface area contributed by atoms with Gasteiger partial charge in [-0.1, -0.05) is 12.1 Å². The molecule has 0 saturated heterocycles. The molecular formula is C22H26N4O3S. The molecule has 0 aliphatic carbocycles. The predicted molar refractivity (Wildman–Crippen MR) is 117 cm³/mol. The van der Waals surface area contributed by atoms with E-state index in [2.05, 4.69) is 15.1 Å². The van der Waals surface area contributed by atoms with Crippen molar-refractivity contribution in [1.29, 1.82) is 0 Å². The summed E-state index contributed by atoms with van der Waals surface area (Å²) >= 11 is 0. The average Bonchev–Trinajstić information content (AvgIpc) is 2.98. The highest BCUT2D eigenvalue weighted by Crippen LogP contribution is 2.16. The van der Waals surface area contributed by atoms with E-state index in [4.69, 9.17) is 0 Å². The molecule has 7 nitrogen and oxygen atoms in total. The normalized spacial score (nSPS) is 11.6. The number of nitrogens with zero attached hydrogens (tertiary/aromatic N) is 2. The third-order valence-corrected chi connectivity index (χ3v) is 6.14. The van der Waals surface area contributed by atoms with Crippen molar-refractivity contribution in [3.05, 3.63) is 77.1 Å². The summed E-state index contributed by atoms with van der Waals surface area (Å²) in [6.07, 6.45) is 0. The number of hydrogen-bond donors (Lipinski definition) is 2. The molecular weight excluding hydrogens is 400 g/mol. The number of sulfonamides is 1. The number of nitrogens with one attached hydrogen (secondary N) is 2. The van der Waals surface area contributed by atoms with E-state index in [1.165, 1.54) is 12.1 Å². The number of anilines is 1. The molecule has 0 bridgehead atoms. The smallest absolute Gasteiger partial charge is 0.255 e. The zero-order valence-corrected chi connectivity index (χ0v) is 18.3. The average molecular weight is 427 g/mol. The summed E-state index contributed by atoms with van der Waals surface area (Å²) < 4.78 is 28.8. The molecule has 1 amide bonds. The Morgan fingerprint density at radius 3 is 2.20 bits per heavy atom. The molecule has 0 saturated carbocycles. The van der Waals surface area contributed by atoms with Crippen LogP contribution in [-0.4, -0.2) is 30.1 Å². The SMILES string of the molecule is Cc1cc(C)n(Cc2ccc(C(=O)Nc3ccc(S(=O)(=O)NC(C)C)cc3)cc2)n1. The first-order chi connectivity index (χ1) is 14.1. The molecule has 0 aliphatic rings. The Balaban J connectivity index is 1.65. The number of carbonyl (C=O) groups excluding carboxylic acids is 1. The standard InChI is InChI=1S/C22H26N4O3S/c1-15(2)25-30(28,29)21-11-9-20(10-12-21)23-22(27)19-7-5-18(6-8-19)14-26-17(4)13-16(3)24-26/h5-13,15,25H,14H2,1-4H3,(H,23,27). The van der Waals surface area contributed by atoms with Crippen LogP contribution in [-0.2, 0) is 16.6 Å². The second-order valence-corrected chi connectivity index (χ2v) is 9.25. The van der Waals surface area contributed by atoms with Gasteiger partial charge in [0.1, 0.15) is 0 Å². The Morgan fingerprint density at radius 2 is 1.67 bits per heavy atom. The van der Waals surface area contributed by atoms with Crippen molar-refractivity contribution in [2.45, 2.75) is 45.2 Å². The number of amides is 1. The van der Waals surface area contributed by atoms with Gasteiger partial charge in [-0.2, -0.15) is 5.10 Å². The number of hydrogen-bond acceptors (Lipinski definition) is 4. The van der Waals surface area contributed by atoms with Gasteiger partial charge in [0.05, 0.1) is 17.1 Å². The lowest BCUT2D eigenvalue weighted by atomic mass is 10.1. The first-order valence-corrected chi connectivity index (χ1v) is 11.2. The quantitative estimate of drug-likeness (QED) is 0.605. The second-order valence-electron chi connectivity index (χ2n) is 7.54. The number of aryl methyl sites for hydroxylation is 2. The summed E-state index contributed by atoms with van der Waals surface area (Å²) in [4.78, 5) is 12.7. The third-order valence-electron chi connectivity index (χ3n) is 4.47. The van der Waals surface area contributed by atoms with Crippen LogP contribution in [0.5, 0.6) is 0 Å². The van der Waals surface area contributed by atoms with E-state index >= 15 is 0 Å². The van der Waals surface area contributed by atoms with Gasteiger partial charge in [0.15, 0.2) is 0 Å². The van der Waals surface area contributed by atoms with Gasteiger partial charge in [-0.15, -0.1) is 0 Å². The largest absolute Gasteiger partial charge is 0.322 e. The zero-order chi connectivity index (χ0) is 21.9. The Labute approximate surface area is 177 Å². The molecule has 3 aromatic rings. The molecule has 0 atom stereocenters. The highest BCUT2D eigenvalue weighted by molar-refractivity contribution is 7.89. The van der Waals surface area contributed by atoms with Crippen LogP contribution >= 0.6 is 0 Å². The number of rotatable bonds is 7. The first-order valence-electron chi connectivity index (χ1n) is 9.68. The maximum absolute atomic E-state index is 12.5. The molecule has 0 spiro atoms. The van der Waals surface area contributed by atoms with Crippen LogP contribution in [0.3, 0.4) is 0 Å². The molecule has 0 unspecified atom stereocenters. The van der Waals surface area contributed by atoms with Gasteiger partial charge < -0.3 is 5.32 Å². The van der Waals surface area contributed by atoms with Crippen molar-refractivity contribution in [2.75, 3.05) is 5.32 Å². The van der Waals surface area contributed by atoms with Gasteiger partial charge in [0.2, 0.25) is 10.0 Å². The summed E-state index contributed by atoms with van der Waals surface area (Å²) in [6, 6.07) is 15.3. The van der Waals surface area contributed by atoms with Crippen LogP contribution in [0.2, 0.25) is 0 Å². The Morgan fingerprint density at radius 1 is 1.03 bits per heavy atom. The molecule has 0 fully saturated rings. The van der Waals surface area contributed by atoms with Crippen molar-refractivity contribution in [3.63, 3.8) is 0 Å². The fourth-order valence-corrected chi connectivity index (χ4v) is 4.32. The van der Waals surface area contributed by atoms with Gasteiger partial charge in [0.25, 0.3) is 5.91 Å². The van der Waals surface area contributed by atoms with Crippen molar-refractivity contribution >= 4 is 21.6 Å². The zero-order valence-electron chi connectivity index (χ0n) is 17.5. The second kappa shape index (κ2) is 8.81. The number of benzene rings is 2. The van der Waals surface area contributed by atoms with Crippen molar-refractivity contribution in [1.82, 2.24) is 14.5 Å². The topological polar surface area (TPSA) is 93.1 Å². The van der Waals surface area contributed by atoms with E-state index < -0.39 is 10.0 Å². The molecule has 158 valence electrons. The fraction of sp³-hybridized carbons (Fsp3) is 0.273. The Kier molecular flexibility index (Phi) is 6.38. The Hall–Kier alpha value is -2.97. The Bertz CT molecular complexity index is 1130. The number of carbonyl (C=O) groups is 1. The van der Waals surface area contributed by atoms with E-state index in [1.54, 1.807) is 38.1 Å². The van der Waals surface area contributed by atoms with Crippen LogP contribution in [0.25, 0.3) is 0 Å². The summed E-state index contributed by atoms with van der Waals surface area (Å²) in [6.45, 7) is 8.13. The van der Waals surface area contributed by atoms with Gasteiger partial charge >= 0.3 is 0 Å². The van der Waals surface area contributed by atoms with E-state index in [-0.39, 0.29) is 16.8 Å². The molecule has 3 rings (SSSR count). The van der Waals surface area contributed by atoms with Crippen molar-refractivity contribution < 1.29 is 13.2 Å². The maximum atomic E-state index is 12.5. The molecule has 1 heterocycles. The summed E-state index contributed by atoms with van der Waals surface area (Å²) in [7, 11) is -3.56. The van der Waals surface area contributed by atoms with Gasteiger partial charge in [-0.3, -0.25) is 9.48 Å². The highest BCUT2D eigenvalue weighted by atomic mass is 32.2. The lowest BCUT2D eigenvalue weighted by Gasteiger charge is -2.11. The molecule has 2 N–H and O–H groups in total. The molecule has 2 aromatic carbocycles. The minimum absolute atomic E-state index is 0.155. The molecule has 0 radical (unpaired) electrons. The molecule has 1 aromatic heterocycles. The first kappa shape index (κ1) is 21.7. The van der Waals surface area contributed by atoms with E-state index in [1.807, 2.05) is 36.7 Å². The minimum Gasteiger partial charge on any atom is -0.322 e. The van der Waals surface area contributed by atoms with Crippen LogP contribution in [0.4, 0.5) is 5.69 Å². The molecule has 0 aliphatic heterocycles. The highest BCUT2D eigenvalue weighted by Gasteiger charge is 2.15. The lowest BCUT2D eigenvalue weighted by Crippen LogP contribution is -2.30. The molecule has 30 heavy (non-hydrogen) atoms.